The van der Waals surface area contributed by atoms with E-state index >= 15 is 0 Å². The molecular weight excluding hydrogens is 262 g/mol. The number of hydrogen-bond acceptors (Lipinski definition) is 4. The fourth-order valence-electron chi connectivity index (χ4n) is 2.42. The van der Waals surface area contributed by atoms with Gasteiger partial charge in [-0.15, -0.1) is 0 Å². The second-order valence-electron chi connectivity index (χ2n) is 4.91. The van der Waals surface area contributed by atoms with Gasteiger partial charge in [0.25, 0.3) is 0 Å². The van der Waals surface area contributed by atoms with Crippen molar-refractivity contribution < 1.29 is 8.78 Å². The molecule has 0 amide bonds. The number of benzene rings is 1. The Hall–Kier alpha value is -2.08. The Morgan fingerprint density at radius 2 is 2.10 bits per heavy atom. The zero-order chi connectivity index (χ0) is 14.1. The van der Waals surface area contributed by atoms with Gasteiger partial charge in [-0.2, -0.15) is 0 Å². The molecule has 0 aliphatic carbocycles. The molecule has 2 N–H and O–H groups in total. The van der Waals surface area contributed by atoms with E-state index in [1.807, 2.05) is 0 Å². The third-order valence-electron chi connectivity index (χ3n) is 3.42. The molecule has 6 heteroatoms. The average molecular weight is 276 g/mol. The average Bonchev–Trinajstić information content (AvgIpc) is 2.43. The molecule has 0 saturated heterocycles. The lowest BCUT2D eigenvalue weighted by Crippen LogP contribution is -2.31. The molecule has 0 atom stereocenters. The first-order chi connectivity index (χ1) is 9.61. The summed E-state index contributed by atoms with van der Waals surface area (Å²) in [5.74, 6) is -1.34. The number of anilines is 1. The fraction of sp³-hybridized carbons (Fsp3) is 0.286. The van der Waals surface area contributed by atoms with Crippen molar-refractivity contribution in [1.29, 1.82) is 0 Å². The van der Waals surface area contributed by atoms with Gasteiger partial charge in [-0.25, -0.2) is 18.7 Å². The molecule has 1 aromatic heterocycles. The highest BCUT2D eigenvalue weighted by Gasteiger charge is 2.18. The fourth-order valence-corrected chi connectivity index (χ4v) is 2.42. The number of nitrogens with zero attached hydrogens (tertiary/aromatic N) is 3. The van der Waals surface area contributed by atoms with E-state index in [0.717, 1.165) is 35.9 Å². The minimum atomic E-state index is -0.818. The molecule has 0 unspecified atom stereocenters. The Morgan fingerprint density at radius 1 is 1.25 bits per heavy atom. The van der Waals surface area contributed by atoms with Crippen molar-refractivity contribution in [2.45, 2.75) is 19.5 Å². The van der Waals surface area contributed by atoms with Crippen LogP contribution in [0, 0.1) is 11.6 Å². The maximum absolute atomic E-state index is 13.2. The van der Waals surface area contributed by atoms with Crippen LogP contribution in [0.5, 0.6) is 0 Å². The first-order valence-electron chi connectivity index (χ1n) is 6.38. The van der Waals surface area contributed by atoms with Crippen LogP contribution in [-0.2, 0) is 19.5 Å². The summed E-state index contributed by atoms with van der Waals surface area (Å²) in [6.07, 6.45) is 2.51. The predicted molar refractivity (Wildman–Crippen MR) is 70.6 cm³/mol. The Labute approximate surface area is 115 Å². The van der Waals surface area contributed by atoms with Crippen molar-refractivity contribution in [3.8, 4) is 0 Å². The topological polar surface area (TPSA) is 55.0 Å². The number of halogens is 2. The Bertz CT molecular complexity index is 645. The van der Waals surface area contributed by atoms with Crippen molar-refractivity contribution in [1.82, 2.24) is 14.9 Å². The molecule has 104 valence electrons. The lowest BCUT2D eigenvalue weighted by molar-refractivity contribution is 0.242. The van der Waals surface area contributed by atoms with Crippen molar-refractivity contribution in [3.05, 3.63) is 52.9 Å². The molecule has 1 aliphatic heterocycles. The highest BCUT2D eigenvalue weighted by atomic mass is 19.2. The summed E-state index contributed by atoms with van der Waals surface area (Å²) in [4.78, 5) is 10.3. The molecule has 0 radical (unpaired) electrons. The van der Waals surface area contributed by atoms with E-state index in [1.165, 1.54) is 6.07 Å². The van der Waals surface area contributed by atoms with Crippen LogP contribution in [0.15, 0.2) is 24.4 Å². The quantitative estimate of drug-likeness (QED) is 0.910. The van der Waals surface area contributed by atoms with Gasteiger partial charge in [-0.1, -0.05) is 6.07 Å². The van der Waals surface area contributed by atoms with Crippen molar-refractivity contribution >= 4 is 5.95 Å². The molecule has 0 bridgehead atoms. The van der Waals surface area contributed by atoms with E-state index in [4.69, 9.17) is 5.73 Å². The summed E-state index contributed by atoms with van der Waals surface area (Å²) in [5.41, 5.74) is 8.32. The van der Waals surface area contributed by atoms with Crippen LogP contribution in [0.25, 0.3) is 0 Å². The van der Waals surface area contributed by atoms with Crippen LogP contribution in [0.1, 0.15) is 16.8 Å². The third kappa shape index (κ3) is 2.60. The summed E-state index contributed by atoms with van der Waals surface area (Å²) in [5, 5.41) is 0. The van der Waals surface area contributed by atoms with Crippen LogP contribution in [0.3, 0.4) is 0 Å². The maximum Gasteiger partial charge on any atom is 0.220 e. The van der Waals surface area contributed by atoms with Crippen molar-refractivity contribution in [2.24, 2.45) is 0 Å². The molecule has 3 rings (SSSR count). The number of hydrogen-bond donors (Lipinski definition) is 1. The standard InChI is InChI=1S/C14H14F2N4/c15-11-2-1-9(5-12(11)16)7-20-4-3-13-10(8-20)6-18-14(17)19-13/h1-2,5-6H,3-4,7-8H2,(H2,17,18,19). The third-order valence-corrected chi connectivity index (χ3v) is 3.42. The van der Waals surface area contributed by atoms with Gasteiger partial charge in [0.1, 0.15) is 0 Å². The van der Waals surface area contributed by atoms with Crippen LogP contribution in [0.4, 0.5) is 14.7 Å². The molecule has 2 aromatic rings. The van der Waals surface area contributed by atoms with Crippen molar-refractivity contribution in [3.63, 3.8) is 0 Å². The number of nitrogen functional groups attached to an aromatic ring is 1. The summed E-state index contributed by atoms with van der Waals surface area (Å²) < 4.78 is 26.1. The van der Waals surface area contributed by atoms with Gasteiger partial charge in [0, 0.05) is 37.8 Å². The lowest BCUT2D eigenvalue weighted by atomic mass is 10.1. The number of rotatable bonds is 2. The van der Waals surface area contributed by atoms with Gasteiger partial charge in [0.05, 0.1) is 5.69 Å². The molecule has 0 spiro atoms. The smallest absolute Gasteiger partial charge is 0.220 e. The summed E-state index contributed by atoms with van der Waals surface area (Å²) >= 11 is 0. The van der Waals surface area contributed by atoms with Crippen LogP contribution in [-0.4, -0.2) is 21.4 Å². The maximum atomic E-state index is 13.2. The highest BCUT2D eigenvalue weighted by Crippen LogP contribution is 2.19. The lowest BCUT2D eigenvalue weighted by Gasteiger charge is -2.27. The Morgan fingerprint density at radius 3 is 2.90 bits per heavy atom. The van der Waals surface area contributed by atoms with Gasteiger partial charge in [-0.05, 0) is 17.7 Å². The van der Waals surface area contributed by atoms with Gasteiger partial charge >= 0.3 is 0 Å². The zero-order valence-electron chi connectivity index (χ0n) is 10.8. The van der Waals surface area contributed by atoms with Gasteiger partial charge in [-0.3, -0.25) is 4.90 Å². The second kappa shape index (κ2) is 5.13. The molecule has 4 nitrogen and oxygen atoms in total. The number of aromatic nitrogens is 2. The molecule has 2 heterocycles. The highest BCUT2D eigenvalue weighted by molar-refractivity contribution is 5.27. The second-order valence-corrected chi connectivity index (χ2v) is 4.91. The van der Waals surface area contributed by atoms with Crippen molar-refractivity contribution in [2.75, 3.05) is 12.3 Å². The monoisotopic (exact) mass is 276 g/mol. The molecule has 20 heavy (non-hydrogen) atoms. The minimum Gasteiger partial charge on any atom is -0.368 e. The molecule has 1 aliphatic rings. The van der Waals surface area contributed by atoms with Gasteiger partial charge < -0.3 is 5.73 Å². The van der Waals surface area contributed by atoms with E-state index in [9.17, 15) is 8.78 Å². The predicted octanol–water partition coefficient (Wildman–Crippen LogP) is 1.90. The molecular formula is C14H14F2N4. The first-order valence-corrected chi connectivity index (χ1v) is 6.38. The van der Waals surface area contributed by atoms with Crippen LogP contribution in [0.2, 0.25) is 0 Å². The Balaban J connectivity index is 1.74. The number of nitrogens with two attached hydrogens (primary N) is 1. The minimum absolute atomic E-state index is 0.290. The number of fused-ring (bicyclic) bond motifs is 1. The van der Waals surface area contributed by atoms with Gasteiger partial charge in [0.2, 0.25) is 5.95 Å². The molecule has 0 saturated carbocycles. The van der Waals surface area contributed by atoms with E-state index in [1.54, 1.807) is 12.3 Å². The van der Waals surface area contributed by atoms with E-state index in [2.05, 4.69) is 14.9 Å². The Kier molecular flexibility index (Phi) is 3.31. The first kappa shape index (κ1) is 12.9. The molecule has 0 fully saturated rings. The summed E-state index contributed by atoms with van der Waals surface area (Å²) in [6.45, 7) is 2.07. The molecule has 1 aromatic carbocycles. The zero-order valence-corrected chi connectivity index (χ0v) is 10.8. The summed E-state index contributed by atoms with van der Waals surface area (Å²) in [7, 11) is 0. The van der Waals surface area contributed by atoms with Crippen LogP contribution >= 0.6 is 0 Å². The largest absolute Gasteiger partial charge is 0.368 e. The van der Waals surface area contributed by atoms with Gasteiger partial charge in [0.15, 0.2) is 11.6 Å². The van der Waals surface area contributed by atoms with E-state index in [-0.39, 0.29) is 5.95 Å². The SMILES string of the molecule is Nc1ncc2c(n1)CCN(Cc1ccc(F)c(F)c1)C2. The van der Waals surface area contributed by atoms with E-state index in [0.29, 0.717) is 13.1 Å². The van der Waals surface area contributed by atoms with E-state index < -0.39 is 11.6 Å². The normalized spacial score (nSPS) is 15.1. The van der Waals surface area contributed by atoms with Crippen LogP contribution < -0.4 is 5.73 Å². The summed E-state index contributed by atoms with van der Waals surface area (Å²) in [6, 6.07) is 4.00.